The largest absolute Gasteiger partial charge is 0.496 e. The van der Waals surface area contributed by atoms with Gasteiger partial charge >= 0.3 is 0 Å². The number of aryl methyl sites for hydroxylation is 1. The van der Waals surface area contributed by atoms with Crippen molar-refractivity contribution in [2.24, 2.45) is 0 Å². The maximum Gasteiger partial charge on any atom is 0.126 e. The molecule has 1 fully saturated rings. The fraction of sp³-hybridized carbons (Fsp3) is 0.333. The van der Waals surface area contributed by atoms with Gasteiger partial charge in [0.1, 0.15) is 5.75 Å². The molecule has 0 aliphatic carbocycles. The topological polar surface area (TPSA) is 15.7 Å². The molecule has 24 heavy (non-hydrogen) atoms. The lowest BCUT2D eigenvalue weighted by Crippen LogP contribution is -2.46. The van der Waals surface area contributed by atoms with Crippen molar-refractivity contribution in [1.29, 1.82) is 0 Å². The molecule has 0 spiro atoms. The van der Waals surface area contributed by atoms with Crippen molar-refractivity contribution < 1.29 is 4.74 Å². The third kappa shape index (κ3) is 4.18. The molecule has 0 radical (unpaired) electrons. The molecule has 0 bridgehead atoms. The van der Waals surface area contributed by atoms with Crippen LogP contribution in [0.5, 0.6) is 5.75 Å². The molecule has 1 heterocycles. The van der Waals surface area contributed by atoms with Crippen LogP contribution < -0.4 is 9.64 Å². The second-order valence-corrected chi connectivity index (χ2v) is 6.27. The van der Waals surface area contributed by atoms with E-state index < -0.39 is 0 Å². The number of methoxy groups -OCH3 is 1. The molecule has 2 aromatic rings. The molecule has 3 rings (SSSR count). The van der Waals surface area contributed by atoms with Crippen molar-refractivity contribution in [3.8, 4) is 5.75 Å². The molecule has 0 atom stereocenters. The summed E-state index contributed by atoms with van der Waals surface area (Å²) in [7, 11) is 1.72. The number of nitrogens with zero attached hydrogens (tertiary/aromatic N) is 2. The predicted molar refractivity (Wildman–Crippen MR) is 102 cm³/mol. The molecule has 0 aromatic heterocycles. The quantitative estimate of drug-likeness (QED) is 0.832. The lowest BCUT2D eigenvalue weighted by Gasteiger charge is -2.35. The van der Waals surface area contributed by atoms with Crippen molar-refractivity contribution in [3.63, 3.8) is 0 Å². The number of hydrogen-bond donors (Lipinski definition) is 0. The Morgan fingerprint density at radius 2 is 1.67 bits per heavy atom. The molecule has 0 N–H and O–H groups in total. The van der Waals surface area contributed by atoms with Crippen LogP contribution in [0.4, 0.5) is 5.69 Å². The van der Waals surface area contributed by atoms with Gasteiger partial charge in [-0.05, 0) is 25.1 Å². The van der Waals surface area contributed by atoms with Gasteiger partial charge in [0.15, 0.2) is 0 Å². The SMILES string of the molecule is COc1ccccc1C=CCN1CCN(c2ccc(C)cc2)CC1. The summed E-state index contributed by atoms with van der Waals surface area (Å²) in [4.78, 5) is 4.97. The summed E-state index contributed by atoms with van der Waals surface area (Å²) in [6.07, 6.45) is 4.39. The van der Waals surface area contributed by atoms with Crippen LogP contribution in [0.2, 0.25) is 0 Å². The molecular formula is C21H26N2O. The highest BCUT2D eigenvalue weighted by Crippen LogP contribution is 2.19. The number of ether oxygens (including phenoxy) is 1. The van der Waals surface area contributed by atoms with Crippen molar-refractivity contribution in [2.75, 3.05) is 44.7 Å². The van der Waals surface area contributed by atoms with Crippen molar-refractivity contribution in [1.82, 2.24) is 4.90 Å². The molecule has 1 aliphatic rings. The van der Waals surface area contributed by atoms with Gasteiger partial charge < -0.3 is 9.64 Å². The Kier molecular flexibility index (Phi) is 5.55. The van der Waals surface area contributed by atoms with Gasteiger partial charge in [0, 0.05) is 44.0 Å². The summed E-state index contributed by atoms with van der Waals surface area (Å²) in [5.74, 6) is 0.929. The molecule has 0 amide bonds. The van der Waals surface area contributed by atoms with Gasteiger partial charge in [0.2, 0.25) is 0 Å². The molecule has 3 nitrogen and oxygen atoms in total. The van der Waals surface area contributed by atoms with E-state index in [0.717, 1.165) is 44.0 Å². The van der Waals surface area contributed by atoms with Gasteiger partial charge in [-0.2, -0.15) is 0 Å². The maximum atomic E-state index is 5.39. The Labute approximate surface area is 145 Å². The first-order chi connectivity index (χ1) is 11.8. The first-order valence-electron chi connectivity index (χ1n) is 8.60. The smallest absolute Gasteiger partial charge is 0.126 e. The zero-order valence-electron chi connectivity index (χ0n) is 14.6. The highest BCUT2D eigenvalue weighted by molar-refractivity contribution is 5.57. The second-order valence-electron chi connectivity index (χ2n) is 6.27. The molecular weight excluding hydrogens is 296 g/mol. The minimum Gasteiger partial charge on any atom is -0.496 e. The number of anilines is 1. The summed E-state index contributed by atoms with van der Waals surface area (Å²) in [6, 6.07) is 17.0. The predicted octanol–water partition coefficient (Wildman–Crippen LogP) is 3.84. The Morgan fingerprint density at radius 3 is 2.38 bits per heavy atom. The van der Waals surface area contributed by atoms with Gasteiger partial charge in [0.25, 0.3) is 0 Å². The van der Waals surface area contributed by atoms with Crippen LogP contribution in [-0.4, -0.2) is 44.7 Å². The second kappa shape index (κ2) is 8.02. The van der Waals surface area contributed by atoms with E-state index in [1.807, 2.05) is 18.2 Å². The van der Waals surface area contributed by atoms with Crippen LogP contribution in [0.3, 0.4) is 0 Å². The van der Waals surface area contributed by atoms with E-state index in [1.165, 1.54) is 11.3 Å². The number of rotatable bonds is 5. The highest BCUT2D eigenvalue weighted by atomic mass is 16.5. The molecule has 126 valence electrons. The number of para-hydroxylation sites is 1. The minimum atomic E-state index is 0.929. The number of piperazine rings is 1. The monoisotopic (exact) mass is 322 g/mol. The third-order valence-corrected chi connectivity index (χ3v) is 4.57. The van der Waals surface area contributed by atoms with E-state index in [2.05, 4.69) is 59.2 Å². The lowest BCUT2D eigenvalue weighted by molar-refractivity contribution is 0.284. The zero-order valence-corrected chi connectivity index (χ0v) is 14.6. The number of benzene rings is 2. The average molecular weight is 322 g/mol. The fourth-order valence-electron chi connectivity index (χ4n) is 3.08. The Hall–Kier alpha value is -2.26. The molecule has 3 heteroatoms. The highest BCUT2D eigenvalue weighted by Gasteiger charge is 2.15. The standard InChI is InChI=1S/C21H26N2O/c1-18-9-11-20(12-10-18)23-16-14-22(15-17-23)13-5-7-19-6-3-4-8-21(19)24-2/h3-12H,13-17H2,1-2H3. The summed E-state index contributed by atoms with van der Waals surface area (Å²) < 4.78 is 5.39. The van der Waals surface area contributed by atoms with Gasteiger partial charge in [-0.3, -0.25) is 4.90 Å². The molecule has 1 saturated heterocycles. The summed E-state index contributed by atoms with van der Waals surface area (Å²) >= 11 is 0. The minimum absolute atomic E-state index is 0.929. The van der Waals surface area contributed by atoms with E-state index in [0.29, 0.717) is 0 Å². The van der Waals surface area contributed by atoms with Crippen molar-refractivity contribution >= 4 is 11.8 Å². The fourth-order valence-corrected chi connectivity index (χ4v) is 3.08. The van der Waals surface area contributed by atoms with Gasteiger partial charge in [-0.15, -0.1) is 0 Å². The molecule has 2 aromatic carbocycles. The van der Waals surface area contributed by atoms with Gasteiger partial charge in [0.05, 0.1) is 7.11 Å². The molecule has 0 saturated carbocycles. The Balaban J connectivity index is 1.50. The Bertz CT molecular complexity index is 670. The van der Waals surface area contributed by atoms with E-state index in [4.69, 9.17) is 4.74 Å². The van der Waals surface area contributed by atoms with Crippen LogP contribution in [0.15, 0.2) is 54.6 Å². The lowest BCUT2D eigenvalue weighted by atomic mass is 10.2. The van der Waals surface area contributed by atoms with E-state index in [1.54, 1.807) is 7.11 Å². The summed E-state index contributed by atoms with van der Waals surface area (Å²) in [5.41, 5.74) is 3.79. The Morgan fingerprint density at radius 1 is 0.958 bits per heavy atom. The van der Waals surface area contributed by atoms with Crippen molar-refractivity contribution in [3.05, 3.63) is 65.7 Å². The van der Waals surface area contributed by atoms with Crippen LogP contribution in [-0.2, 0) is 0 Å². The maximum absolute atomic E-state index is 5.39. The van der Waals surface area contributed by atoms with Crippen molar-refractivity contribution in [2.45, 2.75) is 6.92 Å². The average Bonchev–Trinajstić information content (AvgIpc) is 2.63. The first-order valence-corrected chi connectivity index (χ1v) is 8.60. The van der Waals surface area contributed by atoms with Crippen LogP contribution in [0, 0.1) is 6.92 Å². The van der Waals surface area contributed by atoms with E-state index in [-0.39, 0.29) is 0 Å². The normalized spacial score (nSPS) is 15.8. The first kappa shape index (κ1) is 16.6. The van der Waals surface area contributed by atoms with E-state index in [9.17, 15) is 0 Å². The molecule has 1 aliphatic heterocycles. The van der Waals surface area contributed by atoms with Crippen LogP contribution >= 0.6 is 0 Å². The molecule has 0 unspecified atom stereocenters. The third-order valence-electron chi connectivity index (χ3n) is 4.57. The van der Waals surface area contributed by atoms with Gasteiger partial charge in [-0.1, -0.05) is 48.0 Å². The van der Waals surface area contributed by atoms with Crippen LogP contribution in [0.1, 0.15) is 11.1 Å². The summed E-state index contributed by atoms with van der Waals surface area (Å²) in [5, 5.41) is 0. The van der Waals surface area contributed by atoms with Gasteiger partial charge in [-0.25, -0.2) is 0 Å². The zero-order chi connectivity index (χ0) is 16.8. The van der Waals surface area contributed by atoms with E-state index >= 15 is 0 Å². The van der Waals surface area contributed by atoms with Crippen LogP contribution in [0.25, 0.3) is 6.08 Å². The number of hydrogen-bond acceptors (Lipinski definition) is 3. The summed E-state index contributed by atoms with van der Waals surface area (Å²) in [6.45, 7) is 7.50.